The highest BCUT2D eigenvalue weighted by Crippen LogP contribution is 2.24. The first kappa shape index (κ1) is 15.9. The van der Waals surface area contributed by atoms with E-state index in [-0.39, 0.29) is 5.56 Å². The SMILES string of the molecule is CCc1cc(-c2ccc3c(=O)c(C(=O)O)cn(CC)c3c2)ccn1. The molecule has 0 amide bonds. The first-order valence-corrected chi connectivity index (χ1v) is 7.91. The van der Waals surface area contributed by atoms with Gasteiger partial charge in [-0.25, -0.2) is 4.79 Å². The Bertz CT molecular complexity index is 990. The maximum atomic E-state index is 12.4. The molecule has 0 radical (unpaired) electrons. The molecule has 0 atom stereocenters. The summed E-state index contributed by atoms with van der Waals surface area (Å²) < 4.78 is 1.80. The van der Waals surface area contributed by atoms with Gasteiger partial charge in [0, 0.05) is 30.0 Å². The first-order valence-electron chi connectivity index (χ1n) is 7.91. The fraction of sp³-hybridized carbons (Fsp3) is 0.211. The Labute approximate surface area is 139 Å². The van der Waals surface area contributed by atoms with Crippen molar-refractivity contribution in [3.8, 4) is 11.1 Å². The van der Waals surface area contributed by atoms with Gasteiger partial charge >= 0.3 is 5.97 Å². The zero-order chi connectivity index (χ0) is 17.3. The van der Waals surface area contributed by atoms with Crippen molar-refractivity contribution in [2.24, 2.45) is 0 Å². The average molecular weight is 322 g/mol. The lowest BCUT2D eigenvalue weighted by Crippen LogP contribution is -2.18. The second-order valence-electron chi connectivity index (χ2n) is 5.58. The van der Waals surface area contributed by atoms with E-state index in [2.05, 4.69) is 11.9 Å². The summed E-state index contributed by atoms with van der Waals surface area (Å²) in [6.45, 7) is 4.55. The van der Waals surface area contributed by atoms with Gasteiger partial charge in [-0.15, -0.1) is 0 Å². The summed E-state index contributed by atoms with van der Waals surface area (Å²) in [5.41, 5.74) is 3.10. The molecule has 3 rings (SSSR count). The van der Waals surface area contributed by atoms with Crippen LogP contribution >= 0.6 is 0 Å². The van der Waals surface area contributed by atoms with Crippen molar-refractivity contribution < 1.29 is 9.90 Å². The van der Waals surface area contributed by atoms with E-state index >= 15 is 0 Å². The lowest BCUT2D eigenvalue weighted by Gasteiger charge is -2.12. The molecule has 0 aliphatic carbocycles. The topological polar surface area (TPSA) is 72.2 Å². The van der Waals surface area contributed by atoms with E-state index in [1.807, 2.05) is 31.2 Å². The molecule has 0 bridgehead atoms. The number of aryl methyl sites for hydroxylation is 2. The predicted molar refractivity (Wildman–Crippen MR) is 93.5 cm³/mol. The van der Waals surface area contributed by atoms with Gasteiger partial charge in [0.25, 0.3) is 0 Å². The van der Waals surface area contributed by atoms with Crippen LogP contribution < -0.4 is 5.43 Å². The van der Waals surface area contributed by atoms with E-state index in [1.54, 1.807) is 16.8 Å². The third-order valence-electron chi connectivity index (χ3n) is 4.16. The average Bonchev–Trinajstić information content (AvgIpc) is 2.61. The summed E-state index contributed by atoms with van der Waals surface area (Å²) in [6, 6.07) is 9.45. The number of carboxylic acids is 1. The number of carboxylic acid groups (broad SMARTS) is 1. The van der Waals surface area contributed by atoms with Crippen LogP contribution in [-0.4, -0.2) is 20.6 Å². The van der Waals surface area contributed by atoms with Crippen LogP contribution in [0.4, 0.5) is 0 Å². The fourth-order valence-corrected chi connectivity index (χ4v) is 2.83. The number of aromatic carboxylic acids is 1. The minimum Gasteiger partial charge on any atom is -0.477 e. The molecule has 5 heteroatoms. The molecule has 1 aromatic carbocycles. The lowest BCUT2D eigenvalue weighted by atomic mass is 10.0. The fourth-order valence-electron chi connectivity index (χ4n) is 2.83. The van der Waals surface area contributed by atoms with Gasteiger partial charge in [-0.1, -0.05) is 13.0 Å². The van der Waals surface area contributed by atoms with E-state index in [1.165, 1.54) is 6.20 Å². The number of hydrogen-bond acceptors (Lipinski definition) is 3. The molecule has 5 nitrogen and oxygen atoms in total. The Morgan fingerprint density at radius 2 is 1.92 bits per heavy atom. The van der Waals surface area contributed by atoms with Crippen molar-refractivity contribution in [2.45, 2.75) is 26.8 Å². The maximum absolute atomic E-state index is 12.4. The highest BCUT2D eigenvalue weighted by molar-refractivity contribution is 5.93. The van der Waals surface area contributed by atoms with Crippen LogP contribution in [0.25, 0.3) is 22.0 Å². The molecule has 0 saturated carbocycles. The van der Waals surface area contributed by atoms with Gasteiger partial charge in [0.05, 0.1) is 5.52 Å². The highest BCUT2D eigenvalue weighted by Gasteiger charge is 2.14. The number of pyridine rings is 2. The predicted octanol–water partition coefficient (Wildman–Crippen LogP) is 3.34. The van der Waals surface area contributed by atoms with Gasteiger partial charge in [-0.3, -0.25) is 9.78 Å². The van der Waals surface area contributed by atoms with Crippen molar-refractivity contribution in [1.29, 1.82) is 0 Å². The third-order valence-corrected chi connectivity index (χ3v) is 4.16. The summed E-state index contributed by atoms with van der Waals surface area (Å²) in [4.78, 5) is 28.0. The second kappa shape index (κ2) is 6.28. The van der Waals surface area contributed by atoms with Crippen LogP contribution in [0.2, 0.25) is 0 Å². The lowest BCUT2D eigenvalue weighted by molar-refractivity contribution is 0.0695. The quantitative estimate of drug-likeness (QED) is 0.799. The molecular formula is C19H18N2O3. The smallest absolute Gasteiger partial charge is 0.341 e. The summed E-state index contributed by atoms with van der Waals surface area (Å²) in [6.07, 6.45) is 4.04. The molecule has 2 aromatic heterocycles. The van der Waals surface area contributed by atoms with Gasteiger partial charge in [0.15, 0.2) is 0 Å². The van der Waals surface area contributed by atoms with E-state index in [9.17, 15) is 14.7 Å². The Hall–Kier alpha value is -2.95. The highest BCUT2D eigenvalue weighted by atomic mass is 16.4. The standard InChI is InChI=1S/C19H18N2O3/c1-3-14-9-13(7-8-20-14)12-5-6-15-17(10-12)21(4-2)11-16(18(15)22)19(23)24/h5-11H,3-4H2,1-2H3,(H,23,24). The maximum Gasteiger partial charge on any atom is 0.341 e. The number of aromatic nitrogens is 2. The monoisotopic (exact) mass is 322 g/mol. The minimum absolute atomic E-state index is 0.200. The summed E-state index contributed by atoms with van der Waals surface area (Å²) in [7, 11) is 0. The van der Waals surface area contributed by atoms with E-state index < -0.39 is 11.4 Å². The van der Waals surface area contributed by atoms with Crippen molar-refractivity contribution in [3.63, 3.8) is 0 Å². The Kier molecular flexibility index (Phi) is 4.16. The second-order valence-corrected chi connectivity index (χ2v) is 5.58. The Morgan fingerprint density at radius 1 is 1.17 bits per heavy atom. The van der Waals surface area contributed by atoms with E-state index in [4.69, 9.17) is 0 Å². The molecule has 122 valence electrons. The molecule has 1 N–H and O–H groups in total. The number of benzene rings is 1. The number of fused-ring (bicyclic) bond motifs is 1. The first-order chi connectivity index (χ1) is 11.5. The molecule has 0 aliphatic rings. The van der Waals surface area contributed by atoms with Crippen molar-refractivity contribution in [1.82, 2.24) is 9.55 Å². The van der Waals surface area contributed by atoms with Gasteiger partial charge in [0.2, 0.25) is 5.43 Å². The molecule has 0 fully saturated rings. The van der Waals surface area contributed by atoms with Crippen molar-refractivity contribution in [2.75, 3.05) is 0 Å². The minimum atomic E-state index is -1.20. The van der Waals surface area contributed by atoms with Crippen molar-refractivity contribution in [3.05, 3.63) is 64.2 Å². The number of nitrogens with zero attached hydrogens (tertiary/aromatic N) is 2. The largest absolute Gasteiger partial charge is 0.477 e. The van der Waals surface area contributed by atoms with E-state index in [0.717, 1.165) is 28.8 Å². The normalized spacial score (nSPS) is 10.9. The Balaban J connectivity index is 2.26. The molecule has 0 saturated heterocycles. The van der Waals surface area contributed by atoms with Crippen LogP contribution in [0.1, 0.15) is 29.9 Å². The molecule has 0 aliphatic heterocycles. The summed E-state index contributed by atoms with van der Waals surface area (Å²) in [5.74, 6) is -1.20. The van der Waals surface area contributed by atoms with Gasteiger partial charge in [-0.05, 0) is 48.7 Å². The number of carbonyl (C=O) groups is 1. The molecule has 24 heavy (non-hydrogen) atoms. The van der Waals surface area contributed by atoms with Crippen LogP contribution in [0.3, 0.4) is 0 Å². The third kappa shape index (κ3) is 2.69. The number of rotatable bonds is 4. The Morgan fingerprint density at radius 3 is 2.58 bits per heavy atom. The molecule has 3 aromatic rings. The van der Waals surface area contributed by atoms with Crippen LogP contribution in [0, 0.1) is 0 Å². The summed E-state index contributed by atoms with van der Waals surface area (Å²) in [5, 5.41) is 9.64. The molecule has 2 heterocycles. The molecule has 0 spiro atoms. The number of hydrogen-bond donors (Lipinski definition) is 1. The van der Waals surface area contributed by atoms with E-state index in [0.29, 0.717) is 11.9 Å². The van der Waals surface area contributed by atoms with Crippen LogP contribution in [0.5, 0.6) is 0 Å². The van der Waals surface area contributed by atoms with Crippen LogP contribution in [-0.2, 0) is 13.0 Å². The van der Waals surface area contributed by atoms with Crippen LogP contribution in [0.15, 0.2) is 47.5 Å². The molecule has 0 unspecified atom stereocenters. The summed E-state index contributed by atoms with van der Waals surface area (Å²) >= 11 is 0. The molecular weight excluding hydrogens is 304 g/mol. The van der Waals surface area contributed by atoms with Gasteiger partial charge in [-0.2, -0.15) is 0 Å². The zero-order valence-corrected chi connectivity index (χ0v) is 13.6. The van der Waals surface area contributed by atoms with Crippen molar-refractivity contribution >= 4 is 16.9 Å². The van der Waals surface area contributed by atoms with Gasteiger partial charge in [0.1, 0.15) is 5.56 Å². The zero-order valence-electron chi connectivity index (χ0n) is 13.6. The van der Waals surface area contributed by atoms with Gasteiger partial charge < -0.3 is 9.67 Å².